The molecule has 0 aliphatic rings. The minimum absolute atomic E-state index is 0.0545. The molecule has 1 heterocycles. The van der Waals surface area contributed by atoms with Crippen LogP contribution in [0, 0.1) is 0 Å². The molecule has 120 valence electrons. The normalized spacial score (nSPS) is 13.9. The lowest BCUT2D eigenvalue weighted by atomic mass is 9.92. The van der Waals surface area contributed by atoms with Crippen molar-refractivity contribution in [2.24, 2.45) is 12.8 Å². The van der Waals surface area contributed by atoms with E-state index < -0.39 is 11.7 Å². The molecule has 1 aromatic rings. The van der Waals surface area contributed by atoms with Gasteiger partial charge in [0.05, 0.1) is 17.4 Å². The zero-order valence-electron chi connectivity index (χ0n) is 14.2. The number of amides is 1. The number of nitrogens with two attached hydrogens (primary N) is 1. The van der Waals surface area contributed by atoms with Crippen LogP contribution in [0.3, 0.4) is 0 Å². The molecule has 1 amide bonds. The summed E-state index contributed by atoms with van der Waals surface area (Å²) in [4.78, 5) is 11.9. The second-order valence-electron chi connectivity index (χ2n) is 7.26. The first-order valence-corrected chi connectivity index (χ1v) is 7.18. The lowest BCUT2D eigenvalue weighted by molar-refractivity contribution is 0.0503. The molecule has 1 aromatic heterocycles. The SMILES string of the molecule is Cn1nc(C(C)(C)C)cc1C(CN)NC(=O)OC(C)(C)C. The van der Waals surface area contributed by atoms with Crippen LogP contribution in [0.25, 0.3) is 0 Å². The first-order valence-electron chi connectivity index (χ1n) is 7.18. The van der Waals surface area contributed by atoms with E-state index in [1.54, 1.807) is 4.68 Å². The topological polar surface area (TPSA) is 82.2 Å². The molecule has 1 rings (SSSR count). The minimum Gasteiger partial charge on any atom is -0.444 e. The zero-order valence-corrected chi connectivity index (χ0v) is 14.2. The van der Waals surface area contributed by atoms with Gasteiger partial charge in [-0.3, -0.25) is 4.68 Å². The van der Waals surface area contributed by atoms with Crippen LogP contribution >= 0.6 is 0 Å². The molecular formula is C15H28N4O2. The van der Waals surface area contributed by atoms with E-state index >= 15 is 0 Å². The van der Waals surface area contributed by atoms with Crippen LogP contribution in [0.2, 0.25) is 0 Å². The molecule has 1 atom stereocenters. The predicted molar refractivity (Wildman–Crippen MR) is 83.1 cm³/mol. The van der Waals surface area contributed by atoms with Crippen LogP contribution in [0.4, 0.5) is 4.79 Å². The van der Waals surface area contributed by atoms with Crippen molar-refractivity contribution in [2.45, 2.75) is 58.6 Å². The van der Waals surface area contributed by atoms with Gasteiger partial charge < -0.3 is 15.8 Å². The fraction of sp³-hybridized carbons (Fsp3) is 0.733. The van der Waals surface area contributed by atoms with Gasteiger partial charge in [0, 0.05) is 19.0 Å². The summed E-state index contributed by atoms with van der Waals surface area (Å²) in [6, 6.07) is 1.66. The molecule has 6 nitrogen and oxygen atoms in total. The number of rotatable bonds is 3. The Hall–Kier alpha value is -1.56. The standard InChI is InChI=1S/C15H28N4O2/c1-14(2,3)12-8-11(19(7)18-12)10(9-16)17-13(20)21-15(4,5)6/h8,10H,9,16H2,1-7H3,(H,17,20). The lowest BCUT2D eigenvalue weighted by Gasteiger charge is -2.23. The molecule has 0 radical (unpaired) electrons. The summed E-state index contributed by atoms with van der Waals surface area (Å²) < 4.78 is 7.03. The third-order valence-electron chi connectivity index (χ3n) is 2.97. The van der Waals surface area contributed by atoms with Gasteiger partial charge in [0.2, 0.25) is 0 Å². The second-order valence-corrected chi connectivity index (χ2v) is 7.26. The molecule has 6 heteroatoms. The number of aromatic nitrogens is 2. The van der Waals surface area contributed by atoms with Gasteiger partial charge in [-0.05, 0) is 26.8 Å². The molecular weight excluding hydrogens is 268 g/mol. The van der Waals surface area contributed by atoms with Crippen molar-refractivity contribution in [3.63, 3.8) is 0 Å². The van der Waals surface area contributed by atoms with Gasteiger partial charge >= 0.3 is 6.09 Å². The number of hydrogen-bond acceptors (Lipinski definition) is 4. The van der Waals surface area contributed by atoms with Crippen molar-refractivity contribution in [3.05, 3.63) is 17.5 Å². The lowest BCUT2D eigenvalue weighted by Crippen LogP contribution is -2.38. The third kappa shape index (κ3) is 5.04. The van der Waals surface area contributed by atoms with Crippen LogP contribution in [0.1, 0.15) is 59.0 Å². The fourth-order valence-electron chi connectivity index (χ4n) is 1.88. The van der Waals surface area contributed by atoms with Gasteiger partial charge in [-0.25, -0.2) is 4.79 Å². The highest BCUT2D eigenvalue weighted by atomic mass is 16.6. The van der Waals surface area contributed by atoms with Gasteiger partial charge in [-0.15, -0.1) is 0 Å². The summed E-state index contributed by atoms with van der Waals surface area (Å²) in [6.07, 6.45) is -0.476. The second kappa shape index (κ2) is 6.05. The van der Waals surface area contributed by atoms with Crippen molar-refractivity contribution in [1.29, 1.82) is 0 Å². The number of nitrogens with zero attached hydrogens (tertiary/aromatic N) is 2. The van der Waals surface area contributed by atoms with Gasteiger partial charge in [-0.1, -0.05) is 20.8 Å². The van der Waals surface area contributed by atoms with Crippen LogP contribution in [-0.4, -0.2) is 28.0 Å². The first-order chi connectivity index (χ1) is 9.44. The van der Waals surface area contributed by atoms with Gasteiger partial charge in [0.1, 0.15) is 5.60 Å². The summed E-state index contributed by atoms with van der Waals surface area (Å²) in [5, 5.41) is 7.30. The van der Waals surface area contributed by atoms with E-state index in [-0.39, 0.29) is 18.0 Å². The van der Waals surface area contributed by atoms with E-state index in [9.17, 15) is 4.79 Å². The molecule has 0 aliphatic heterocycles. The molecule has 21 heavy (non-hydrogen) atoms. The van der Waals surface area contributed by atoms with Crippen molar-refractivity contribution in [2.75, 3.05) is 6.54 Å². The minimum atomic E-state index is -0.535. The van der Waals surface area contributed by atoms with Crippen LogP contribution in [-0.2, 0) is 17.2 Å². The molecule has 1 unspecified atom stereocenters. The fourth-order valence-corrected chi connectivity index (χ4v) is 1.88. The summed E-state index contributed by atoms with van der Waals surface area (Å²) >= 11 is 0. The number of nitrogens with one attached hydrogen (secondary N) is 1. The highest BCUT2D eigenvalue weighted by Crippen LogP contribution is 2.24. The molecule has 0 saturated heterocycles. The monoisotopic (exact) mass is 296 g/mol. The Bertz CT molecular complexity index is 495. The van der Waals surface area contributed by atoms with Crippen LogP contribution in [0.5, 0.6) is 0 Å². The molecule has 0 spiro atoms. The predicted octanol–water partition coefficient (Wildman–Crippen LogP) is 2.24. The number of ether oxygens (including phenoxy) is 1. The van der Waals surface area contributed by atoms with E-state index in [4.69, 9.17) is 10.5 Å². The quantitative estimate of drug-likeness (QED) is 0.896. The maximum atomic E-state index is 11.9. The van der Waals surface area contributed by atoms with E-state index in [1.165, 1.54) is 0 Å². The van der Waals surface area contributed by atoms with Crippen molar-refractivity contribution in [1.82, 2.24) is 15.1 Å². The molecule has 0 fully saturated rings. The highest BCUT2D eigenvalue weighted by molar-refractivity contribution is 5.68. The van der Waals surface area contributed by atoms with Crippen molar-refractivity contribution in [3.8, 4) is 0 Å². The summed E-state index contributed by atoms with van der Waals surface area (Å²) in [5.74, 6) is 0. The number of carbonyl (C=O) groups is 1. The highest BCUT2D eigenvalue weighted by Gasteiger charge is 2.25. The van der Waals surface area contributed by atoms with Gasteiger partial charge in [0.15, 0.2) is 0 Å². The van der Waals surface area contributed by atoms with E-state index in [0.29, 0.717) is 0 Å². The largest absolute Gasteiger partial charge is 0.444 e. The Balaban J connectivity index is 2.91. The Labute approximate surface area is 127 Å². The average molecular weight is 296 g/mol. The Morgan fingerprint density at radius 1 is 1.38 bits per heavy atom. The summed E-state index contributed by atoms with van der Waals surface area (Å²) in [7, 11) is 1.85. The Morgan fingerprint density at radius 3 is 2.33 bits per heavy atom. The van der Waals surface area contributed by atoms with E-state index in [2.05, 4.69) is 31.2 Å². The zero-order chi connectivity index (χ0) is 16.4. The smallest absolute Gasteiger partial charge is 0.408 e. The molecule has 0 aromatic carbocycles. The van der Waals surface area contributed by atoms with E-state index in [1.807, 2.05) is 33.9 Å². The van der Waals surface area contributed by atoms with Crippen LogP contribution in [0.15, 0.2) is 6.07 Å². The molecule has 0 bridgehead atoms. The third-order valence-corrected chi connectivity index (χ3v) is 2.97. The van der Waals surface area contributed by atoms with E-state index in [0.717, 1.165) is 11.4 Å². The number of alkyl carbamates (subject to hydrolysis) is 1. The maximum absolute atomic E-state index is 11.9. The molecule has 0 aliphatic carbocycles. The van der Waals surface area contributed by atoms with Gasteiger partial charge in [0.25, 0.3) is 0 Å². The Morgan fingerprint density at radius 2 is 1.95 bits per heavy atom. The molecule has 0 saturated carbocycles. The number of carbonyl (C=O) groups excluding carboxylic acids is 1. The number of hydrogen-bond donors (Lipinski definition) is 2. The Kier molecular flexibility index (Phi) is 5.04. The maximum Gasteiger partial charge on any atom is 0.408 e. The summed E-state index contributed by atoms with van der Waals surface area (Å²) in [6.45, 7) is 12.0. The summed E-state index contributed by atoms with van der Waals surface area (Å²) in [5.41, 5.74) is 7.03. The van der Waals surface area contributed by atoms with Gasteiger partial charge in [-0.2, -0.15) is 5.10 Å². The van der Waals surface area contributed by atoms with Crippen LogP contribution < -0.4 is 11.1 Å². The number of aryl methyl sites for hydroxylation is 1. The average Bonchev–Trinajstić information content (AvgIpc) is 2.65. The molecule has 3 N–H and O–H groups in total. The van der Waals surface area contributed by atoms with Crippen molar-refractivity contribution >= 4 is 6.09 Å². The van der Waals surface area contributed by atoms with Crippen molar-refractivity contribution < 1.29 is 9.53 Å². The first kappa shape index (κ1) is 17.5.